The van der Waals surface area contributed by atoms with Gasteiger partial charge in [-0.3, -0.25) is 35.9 Å². The molecule has 2 unspecified atom stereocenters. The predicted octanol–water partition coefficient (Wildman–Crippen LogP) is 19.7. The van der Waals surface area contributed by atoms with E-state index in [-0.39, 0.29) is 27.5 Å². The molecule has 1 saturated carbocycles. The lowest BCUT2D eigenvalue weighted by molar-refractivity contribution is 0.0475. The van der Waals surface area contributed by atoms with Crippen molar-refractivity contribution in [2.75, 3.05) is 90.2 Å². The number of hydrogen-bond acceptors (Lipinski definition) is 16. The van der Waals surface area contributed by atoms with Gasteiger partial charge in [-0.2, -0.15) is 20.4 Å². The minimum absolute atomic E-state index is 0.155. The van der Waals surface area contributed by atoms with Crippen LogP contribution in [0.5, 0.6) is 5.75 Å². The maximum atomic E-state index is 13.8. The summed E-state index contributed by atoms with van der Waals surface area (Å²) in [4.78, 5) is 1.17. The van der Waals surface area contributed by atoms with Gasteiger partial charge in [0, 0.05) is 112 Å². The smallest absolute Gasteiger partial charge is 0.264 e. The van der Waals surface area contributed by atoms with Crippen molar-refractivity contribution in [1.82, 2.24) is 39.1 Å². The van der Waals surface area contributed by atoms with Crippen LogP contribution >= 0.6 is 0 Å². The quantitative estimate of drug-likeness (QED) is 0.0379. The van der Waals surface area contributed by atoms with Crippen molar-refractivity contribution < 1.29 is 52.6 Å². The first-order chi connectivity index (χ1) is 62.2. The summed E-state index contributed by atoms with van der Waals surface area (Å²) < 4.78 is 146. The van der Waals surface area contributed by atoms with Crippen molar-refractivity contribution in [1.29, 1.82) is 0 Å². The molecule has 24 nitrogen and oxygen atoms in total. The van der Waals surface area contributed by atoms with Gasteiger partial charge in [0.1, 0.15) is 5.75 Å². The zero-order valence-electron chi connectivity index (χ0n) is 76.2. The van der Waals surface area contributed by atoms with E-state index in [0.717, 1.165) is 185 Å². The van der Waals surface area contributed by atoms with E-state index < -0.39 is 40.1 Å². The average molecular weight is 1830 g/mol. The van der Waals surface area contributed by atoms with E-state index >= 15 is 0 Å². The number of benzene rings is 9. The summed E-state index contributed by atoms with van der Waals surface area (Å²) >= 11 is 0. The second kappa shape index (κ2) is 43.1. The van der Waals surface area contributed by atoms with Crippen molar-refractivity contribution in [3.63, 3.8) is 0 Å². The molecule has 28 heteroatoms. The van der Waals surface area contributed by atoms with Crippen molar-refractivity contribution in [2.45, 2.75) is 185 Å². The molecule has 17 rings (SSSR count). The van der Waals surface area contributed by atoms with E-state index in [9.17, 15) is 33.7 Å². The van der Waals surface area contributed by atoms with E-state index in [1.165, 1.54) is 36.0 Å². The molecule has 1 aliphatic carbocycles. The lowest BCUT2D eigenvalue weighted by Crippen LogP contribution is -2.37. The molecule has 13 aromatic rings. The van der Waals surface area contributed by atoms with Crippen molar-refractivity contribution >= 4 is 106 Å². The lowest BCUT2D eigenvalue weighted by Gasteiger charge is -2.33. The van der Waals surface area contributed by atoms with Crippen LogP contribution in [0.15, 0.2) is 245 Å². The molecule has 4 aliphatic rings. The molecule has 0 amide bonds. The molecule has 0 bridgehead atoms. The summed E-state index contributed by atoms with van der Waals surface area (Å²) in [5.74, 6) is 3.02. The summed E-state index contributed by atoms with van der Waals surface area (Å²) in [6.07, 6.45) is 19.7. The first-order valence-corrected chi connectivity index (χ1v) is 51.6. The van der Waals surface area contributed by atoms with Gasteiger partial charge in [0.2, 0.25) is 0 Å². The predicted molar refractivity (Wildman–Crippen MR) is 516 cm³/mol. The molecule has 2 atom stereocenters. The molecule has 0 radical (unpaired) electrons. The van der Waals surface area contributed by atoms with Gasteiger partial charge in [0.25, 0.3) is 40.1 Å². The third-order valence-electron chi connectivity index (χ3n) is 24.6. The van der Waals surface area contributed by atoms with Crippen LogP contribution in [0, 0.1) is 41.4 Å². The number of methoxy groups -OCH3 is 1. The molecule has 686 valence electrons. The molecule has 3 saturated heterocycles. The number of rotatable bonds is 32. The molecule has 0 N–H and O–H groups in total. The fourth-order valence-electron chi connectivity index (χ4n) is 17.0. The van der Waals surface area contributed by atoms with Gasteiger partial charge in [-0.15, -0.1) is 0 Å². The fourth-order valence-corrected chi connectivity index (χ4v) is 23.6. The maximum absolute atomic E-state index is 13.8. The molecule has 4 aromatic heterocycles. The summed E-state index contributed by atoms with van der Waals surface area (Å²) in [7, 11) is -13.3. The first-order valence-electron chi connectivity index (χ1n) is 45.8. The number of fused-ring (bicyclic) bond motifs is 4. The molecule has 0 spiro atoms. The van der Waals surface area contributed by atoms with Gasteiger partial charge in [0.15, 0.2) is 0 Å². The number of hydrogen-bond donors (Lipinski definition) is 0. The van der Waals surface area contributed by atoms with E-state index in [4.69, 9.17) is 18.9 Å². The first kappa shape index (κ1) is 94.7. The highest BCUT2D eigenvalue weighted by Crippen LogP contribution is 2.38. The van der Waals surface area contributed by atoms with Crippen LogP contribution in [0.3, 0.4) is 0 Å². The Labute approximate surface area is 762 Å². The van der Waals surface area contributed by atoms with E-state index in [1.54, 1.807) is 103 Å². The fraction of sp³-hybridized carbons (Fsp3) is 0.426. The van der Waals surface area contributed by atoms with Gasteiger partial charge in [-0.1, -0.05) is 142 Å². The third-order valence-corrected chi connectivity index (χ3v) is 31.8. The van der Waals surface area contributed by atoms with E-state index in [1.807, 2.05) is 182 Å². The lowest BCUT2D eigenvalue weighted by atomic mass is 9.85. The Kier molecular flexibility index (Phi) is 31.6. The standard InChI is InChI=1S/C26H33N3O3S.C26H29N3O2S.C25H33N3O3S.C24H31N3O4S/c1-2-20-8-10-24(11-9-20)29(18-21-5-3-6-21)33(30,31)25-12-13-26-23(15-25)16-27-28(26)17-22-7-4-14-32-19-22;1-4-21-10-12-24(13-11-21)29(18-20(2)3)32(30,31)25-14-15-26-23(16-25)17-27-28(26)19-22-8-6-5-7-9-22;1-4-20-7-9-23(10-8-20)28(16-19(2)3)32(29,30)24-11-12-25-22(14-24)15-26-27(25)17-21-6-5-13-31-18-21;1-18(2)16-27(21-5-4-6-22(14-21)30-3)32(28,29)23-7-8-24-20(13-23)15-25-26(24)17-19-9-11-31-12-10-19/h8-13,15-16,21-22H,2-7,14,17-19H2,1H3;5-17,20H,4,18-19H2,1-3H3;7-12,14-15,19,21H,4-6,13,16-18H2,1-3H3;4-8,13-15,18-19H,9-12,16-17H2,1-3H3. The Morgan fingerprint density at radius 2 is 0.705 bits per heavy atom. The minimum Gasteiger partial charge on any atom is -0.497 e. The molecule has 9 aromatic carbocycles. The van der Waals surface area contributed by atoms with Crippen LogP contribution in [0.1, 0.15) is 142 Å². The summed E-state index contributed by atoms with van der Waals surface area (Å²) in [5, 5.41) is 21.5. The monoisotopic (exact) mass is 1830 g/mol. The maximum Gasteiger partial charge on any atom is 0.264 e. The number of anilines is 4. The number of ether oxygens (including phenoxy) is 4. The Bertz CT molecular complexity index is 6340. The summed E-state index contributed by atoms with van der Waals surface area (Å²) in [6, 6.07) is 62.1. The molecular formula is C101H126N12O12S4. The van der Waals surface area contributed by atoms with Crippen LogP contribution in [0.4, 0.5) is 22.7 Å². The third kappa shape index (κ3) is 23.3. The van der Waals surface area contributed by atoms with Crippen LogP contribution in [-0.4, -0.2) is 146 Å². The Morgan fingerprint density at radius 3 is 1.06 bits per heavy atom. The van der Waals surface area contributed by atoms with Gasteiger partial charge >= 0.3 is 0 Å². The number of nitrogens with zero attached hydrogens (tertiary/aromatic N) is 12. The van der Waals surface area contributed by atoms with Crippen molar-refractivity contribution in [2.24, 2.45) is 41.4 Å². The highest BCUT2D eigenvalue weighted by atomic mass is 32.2. The molecule has 4 fully saturated rings. The van der Waals surface area contributed by atoms with Gasteiger partial charge in [0.05, 0.1) is 116 Å². The summed E-state index contributed by atoms with van der Waals surface area (Å²) in [6.45, 7) is 28.0. The SMILES string of the molecule is CCc1ccc(N(CC(C)C)S(=O)(=O)c2ccc3c(cnn3CC3CCCOC3)c2)cc1.CCc1ccc(N(CC(C)C)S(=O)(=O)c2ccc3c(cnn3Cc3ccccc3)c2)cc1.CCc1ccc(N(CC2CCC2)S(=O)(=O)c2ccc3c(cnn3CC3CCCOC3)c2)cc1.COc1cccc(N(CC(C)C)S(=O)(=O)c2ccc3c(cnn3CC3CCOCC3)c2)c1. The van der Waals surface area contributed by atoms with E-state index in [2.05, 4.69) is 53.3 Å². The van der Waals surface area contributed by atoms with Gasteiger partial charge in [-0.05, 0) is 244 Å². The molecule has 3 aliphatic heterocycles. The molecular weight excluding hydrogens is 1700 g/mol. The average Bonchev–Trinajstić information content (AvgIpc) is 1.76. The van der Waals surface area contributed by atoms with Crippen LogP contribution in [-0.2, 0) is 99.7 Å². The second-order valence-corrected chi connectivity index (χ2v) is 43.2. The zero-order chi connectivity index (χ0) is 91.0. The summed E-state index contributed by atoms with van der Waals surface area (Å²) in [5.41, 5.74) is 11.2. The van der Waals surface area contributed by atoms with Gasteiger partial charge < -0.3 is 18.9 Å². The Hall–Kier alpha value is -10.5. The molecule has 7 heterocycles. The van der Waals surface area contributed by atoms with Crippen molar-refractivity contribution in [3.05, 3.63) is 247 Å². The van der Waals surface area contributed by atoms with Crippen LogP contribution < -0.4 is 22.0 Å². The van der Waals surface area contributed by atoms with Crippen LogP contribution in [0.2, 0.25) is 0 Å². The highest BCUT2D eigenvalue weighted by Gasteiger charge is 2.34. The number of sulfonamides is 4. The van der Waals surface area contributed by atoms with Crippen LogP contribution in [0.25, 0.3) is 43.6 Å². The van der Waals surface area contributed by atoms with E-state index in [0.29, 0.717) is 89.0 Å². The largest absolute Gasteiger partial charge is 0.497 e. The minimum atomic E-state index is -3.76. The number of aromatic nitrogens is 8. The molecule has 129 heavy (non-hydrogen) atoms. The van der Waals surface area contributed by atoms with Gasteiger partial charge in [-0.25, -0.2) is 33.7 Å². The van der Waals surface area contributed by atoms with Crippen molar-refractivity contribution in [3.8, 4) is 5.75 Å². The Morgan fingerprint density at radius 1 is 0.349 bits per heavy atom. The topological polar surface area (TPSA) is 258 Å². The Balaban J connectivity index is 0.000000139. The second-order valence-electron chi connectivity index (χ2n) is 35.8. The normalized spacial score (nSPS) is 16.0. The zero-order valence-corrected chi connectivity index (χ0v) is 79.5. The highest BCUT2D eigenvalue weighted by molar-refractivity contribution is 7.93. The number of aryl methyl sites for hydroxylation is 3.